The molecule has 0 aliphatic carbocycles. The fraction of sp³-hybridized carbons (Fsp3) is 0.400. The van der Waals surface area contributed by atoms with Gasteiger partial charge in [-0.1, -0.05) is 43.2 Å². The molecule has 0 bridgehead atoms. The van der Waals surface area contributed by atoms with Gasteiger partial charge in [0.15, 0.2) is 0 Å². The Morgan fingerprint density at radius 2 is 1.80 bits per heavy atom. The minimum atomic E-state index is -0.213. The number of nitrogens with zero attached hydrogens (tertiary/aromatic N) is 2. The second-order valence-corrected chi connectivity index (χ2v) is 6.53. The van der Waals surface area contributed by atoms with E-state index in [0.29, 0.717) is 12.1 Å². The van der Waals surface area contributed by atoms with Crippen LogP contribution in [-0.4, -0.2) is 30.5 Å². The van der Waals surface area contributed by atoms with Gasteiger partial charge in [0.2, 0.25) is 0 Å². The van der Waals surface area contributed by atoms with Crippen molar-refractivity contribution in [2.24, 2.45) is 5.73 Å². The molecule has 0 radical (unpaired) electrons. The summed E-state index contributed by atoms with van der Waals surface area (Å²) in [6.07, 6.45) is 6.66. The second kappa shape index (κ2) is 8.62. The quantitative estimate of drug-likeness (QED) is 0.879. The number of carbonyl (C=O) groups excluding carboxylic acids is 1. The second-order valence-electron chi connectivity index (χ2n) is 6.53. The summed E-state index contributed by atoms with van der Waals surface area (Å²) in [5, 5.41) is 2.89. The summed E-state index contributed by atoms with van der Waals surface area (Å²) >= 11 is 0. The van der Waals surface area contributed by atoms with Crippen LogP contribution in [0.2, 0.25) is 0 Å². The lowest BCUT2D eigenvalue weighted by Gasteiger charge is -2.21. The molecule has 1 atom stereocenters. The van der Waals surface area contributed by atoms with Gasteiger partial charge in [0.25, 0.3) is 5.91 Å². The van der Waals surface area contributed by atoms with E-state index in [-0.39, 0.29) is 11.9 Å². The van der Waals surface area contributed by atoms with Crippen molar-refractivity contribution in [2.75, 3.05) is 24.5 Å². The van der Waals surface area contributed by atoms with E-state index in [1.807, 2.05) is 42.5 Å². The van der Waals surface area contributed by atoms with E-state index in [1.54, 1.807) is 6.20 Å². The third-order valence-corrected chi connectivity index (χ3v) is 4.65. The number of hydrogen-bond donors (Lipinski definition) is 2. The van der Waals surface area contributed by atoms with Crippen LogP contribution in [0.25, 0.3) is 0 Å². The third kappa shape index (κ3) is 4.79. The SMILES string of the molecule is NC(CNC(=O)c1ccc(N2CCCCCC2)nc1)c1ccccc1. The highest BCUT2D eigenvalue weighted by molar-refractivity contribution is 5.94. The van der Waals surface area contributed by atoms with E-state index >= 15 is 0 Å². The van der Waals surface area contributed by atoms with Crippen molar-refractivity contribution < 1.29 is 4.79 Å². The van der Waals surface area contributed by atoms with Crippen LogP contribution in [0.3, 0.4) is 0 Å². The van der Waals surface area contributed by atoms with Gasteiger partial charge in [0.1, 0.15) is 5.82 Å². The van der Waals surface area contributed by atoms with Gasteiger partial charge in [-0.15, -0.1) is 0 Å². The molecule has 132 valence electrons. The van der Waals surface area contributed by atoms with Crippen LogP contribution in [0, 0.1) is 0 Å². The lowest BCUT2D eigenvalue weighted by molar-refractivity contribution is 0.0951. The minimum Gasteiger partial charge on any atom is -0.357 e. The van der Waals surface area contributed by atoms with Crippen molar-refractivity contribution in [1.82, 2.24) is 10.3 Å². The molecule has 5 nitrogen and oxygen atoms in total. The van der Waals surface area contributed by atoms with Crippen molar-refractivity contribution in [3.8, 4) is 0 Å². The first-order chi connectivity index (χ1) is 12.2. The van der Waals surface area contributed by atoms with Crippen LogP contribution in [-0.2, 0) is 0 Å². The van der Waals surface area contributed by atoms with Crippen molar-refractivity contribution in [3.05, 3.63) is 59.8 Å². The number of nitrogens with one attached hydrogen (secondary N) is 1. The monoisotopic (exact) mass is 338 g/mol. The standard InChI is InChI=1S/C20H26N4O/c21-18(16-8-4-3-5-9-16)15-23-20(25)17-10-11-19(22-14-17)24-12-6-1-2-7-13-24/h3-5,8-11,14,18H,1-2,6-7,12-13,15,21H2,(H,23,25). The molecule has 1 amide bonds. The summed E-state index contributed by atoms with van der Waals surface area (Å²) < 4.78 is 0. The molecule has 1 fully saturated rings. The van der Waals surface area contributed by atoms with E-state index in [1.165, 1.54) is 25.7 Å². The molecule has 2 heterocycles. The lowest BCUT2D eigenvalue weighted by atomic mass is 10.1. The van der Waals surface area contributed by atoms with E-state index in [4.69, 9.17) is 5.73 Å². The van der Waals surface area contributed by atoms with Gasteiger partial charge in [-0.25, -0.2) is 4.98 Å². The molecule has 3 N–H and O–H groups in total. The Balaban J connectivity index is 1.55. The Morgan fingerprint density at radius 3 is 2.44 bits per heavy atom. The number of benzene rings is 1. The van der Waals surface area contributed by atoms with E-state index in [0.717, 1.165) is 24.5 Å². The molecule has 2 aromatic rings. The topological polar surface area (TPSA) is 71.2 Å². The maximum Gasteiger partial charge on any atom is 0.252 e. The molecule has 0 spiro atoms. The largest absolute Gasteiger partial charge is 0.357 e. The molecule has 1 saturated heterocycles. The zero-order valence-corrected chi connectivity index (χ0v) is 14.5. The van der Waals surface area contributed by atoms with Gasteiger partial charge in [0.05, 0.1) is 5.56 Å². The highest BCUT2D eigenvalue weighted by Gasteiger charge is 2.13. The lowest BCUT2D eigenvalue weighted by Crippen LogP contribution is -2.32. The average Bonchev–Trinajstić information content (AvgIpc) is 2.96. The molecule has 1 unspecified atom stereocenters. The van der Waals surface area contributed by atoms with E-state index < -0.39 is 0 Å². The summed E-state index contributed by atoms with van der Waals surface area (Å²) in [5.41, 5.74) is 7.70. The van der Waals surface area contributed by atoms with Crippen molar-refractivity contribution >= 4 is 11.7 Å². The average molecular weight is 338 g/mol. The van der Waals surface area contributed by atoms with Crippen molar-refractivity contribution in [1.29, 1.82) is 0 Å². The molecule has 0 saturated carbocycles. The van der Waals surface area contributed by atoms with Crippen LogP contribution in [0.15, 0.2) is 48.7 Å². The van der Waals surface area contributed by atoms with E-state index in [9.17, 15) is 4.79 Å². The first kappa shape index (κ1) is 17.4. The van der Waals surface area contributed by atoms with Gasteiger partial charge in [-0.3, -0.25) is 4.79 Å². The van der Waals surface area contributed by atoms with Gasteiger partial charge < -0.3 is 16.0 Å². The molecule has 1 aliphatic heterocycles. The number of carbonyl (C=O) groups is 1. The number of nitrogens with two attached hydrogens (primary N) is 1. The van der Waals surface area contributed by atoms with Gasteiger partial charge in [-0.2, -0.15) is 0 Å². The molecule has 3 rings (SSSR count). The van der Waals surface area contributed by atoms with E-state index in [2.05, 4.69) is 15.2 Å². The summed E-state index contributed by atoms with van der Waals surface area (Å²) in [4.78, 5) is 19.1. The number of rotatable bonds is 5. The predicted molar refractivity (Wildman–Crippen MR) is 101 cm³/mol. The minimum absolute atomic E-state index is 0.138. The molecule has 1 aromatic carbocycles. The maximum absolute atomic E-state index is 12.3. The van der Waals surface area contributed by atoms with Crippen LogP contribution in [0.1, 0.15) is 47.6 Å². The highest BCUT2D eigenvalue weighted by Crippen LogP contribution is 2.17. The Kier molecular flexibility index (Phi) is 6.01. The molecular formula is C20H26N4O. The summed E-state index contributed by atoms with van der Waals surface area (Å²) in [5.74, 6) is 0.820. The molecule has 1 aromatic heterocycles. The Bertz CT molecular complexity index is 664. The summed E-state index contributed by atoms with van der Waals surface area (Å²) in [6, 6.07) is 13.4. The van der Waals surface area contributed by atoms with Gasteiger partial charge >= 0.3 is 0 Å². The third-order valence-electron chi connectivity index (χ3n) is 4.65. The predicted octanol–water partition coefficient (Wildman–Crippen LogP) is 2.89. The zero-order chi connectivity index (χ0) is 17.5. The number of amides is 1. The normalized spacial score (nSPS) is 16.1. The fourth-order valence-electron chi connectivity index (χ4n) is 3.13. The Hall–Kier alpha value is -2.40. The number of anilines is 1. The fourth-order valence-corrected chi connectivity index (χ4v) is 3.13. The zero-order valence-electron chi connectivity index (χ0n) is 14.5. The van der Waals surface area contributed by atoms with Crippen LogP contribution in [0.4, 0.5) is 5.82 Å². The maximum atomic E-state index is 12.3. The van der Waals surface area contributed by atoms with Gasteiger partial charge in [-0.05, 0) is 30.5 Å². The summed E-state index contributed by atoms with van der Waals surface area (Å²) in [7, 11) is 0. The molecule has 25 heavy (non-hydrogen) atoms. The molecule has 5 heteroatoms. The highest BCUT2D eigenvalue weighted by atomic mass is 16.1. The van der Waals surface area contributed by atoms with Crippen LogP contribution in [0.5, 0.6) is 0 Å². The first-order valence-electron chi connectivity index (χ1n) is 9.04. The Morgan fingerprint density at radius 1 is 1.08 bits per heavy atom. The molecular weight excluding hydrogens is 312 g/mol. The smallest absolute Gasteiger partial charge is 0.252 e. The van der Waals surface area contributed by atoms with Crippen molar-refractivity contribution in [2.45, 2.75) is 31.7 Å². The molecule has 1 aliphatic rings. The Labute approximate surface area is 149 Å². The van der Waals surface area contributed by atoms with Gasteiger partial charge in [0, 0.05) is 31.9 Å². The summed E-state index contributed by atoms with van der Waals surface area (Å²) in [6.45, 7) is 2.49. The number of pyridine rings is 1. The first-order valence-corrected chi connectivity index (χ1v) is 9.04. The van der Waals surface area contributed by atoms with Crippen LogP contribution < -0.4 is 16.0 Å². The number of aromatic nitrogens is 1. The van der Waals surface area contributed by atoms with Crippen molar-refractivity contribution in [3.63, 3.8) is 0 Å². The number of hydrogen-bond acceptors (Lipinski definition) is 4. The van der Waals surface area contributed by atoms with Crippen LogP contribution >= 0.6 is 0 Å².